The second-order valence-electron chi connectivity index (χ2n) is 3.76. The third-order valence-corrected chi connectivity index (χ3v) is 2.55. The van der Waals surface area contributed by atoms with Crippen LogP contribution < -0.4 is 14.2 Å². The van der Waals surface area contributed by atoms with E-state index in [1.807, 2.05) is 0 Å². The van der Waals surface area contributed by atoms with Crippen molar-refractivity contribution in [3.63, 3.8) is 0 Å². The summed E-state index contributed by atoms with van der Waals surface area (Å²) in [6.45, 7) is 0.111. The average Bonchev–Trinajstić information content (AvgIpc) is 2.97. The Morgan fingerprint density at radius 2 is 1.89 bits per heavy atom. The molecule has 0 aliphatic carbocycles. The van der Waals surface area contributed by atoms with Crippen molar-refractivity contribution in [1.29, 1.82) is 0 Å². The lowest BCUT2D eigenvalue weighted by atomic mass is 10.2. The summed E-state index contributed by atoms with van der Waals surface area (Å²) in [5, 5.41) is 12.8. The van der Waals surface area contributed by atoms with Crippen LogP contribution in [0.3, 0.4) is 0 Å². The van der Waals surface area contributed by atoms with E-state index in [9.17, 15) is 5.11 Å². The molecule has 2 rings (SSSR count). The molecule has 0 unspecified atom stereocenters. The van der Waals surface area contributed by atoms with E-state index in [2.05, 4.69) is 5.16 Å². The number of hydrogen-bond acceptors (Lipinski definition) is 6. The minimum atomic E-state index is -0.102. The Hall–Kier alpha value is -2.21. The summed E-state index contributed by atoms with van der Waals surface area (Å²) in [6.07, 6.45) is 1.54. The highest BCUT2D eigenvalue weighted by molar-refractivity contribution is 5.53. The third kappa shape index (κ3) is 2.97. The van der Waals surface area contributed by atoms with E-state index in [1.54, 1.807) is 24.4 Å². The first-order chi connectivity index (χ1) is 9.28. The Kier molecular flexibility index (Phi) is 4.25. The zero-order chi connectivity index (χ0) is 13.7. The quantitative estimate of drug-likeness (QED) is 0.858. The number of aliphatic hydroxyl groups is 1. The molecule has 0 bridgehead atoms. The van der Waals surface area contributed by atoms with Crippen LogP contribution in [0.4, 0.5) is 0 Å². The Morgan fingerprint density at radius 1 is 1.21 bits per heavy atom. The normalized spacial score (nSPS) is 10.3. The summed E-state index contributed by atoms with van der Waals surface area (Å²) in [5.41, 5.74) is 0.681. The van der Waals surface area contributed by atoms with Crippen LogP contribution in [0.15, 0.2) is 28.9 Å². The number of benzene rings is 1. The number of aliphatic hydroxyl groups excluding tert-OH is 1. The van der Waals surface area contributed by atoms with Gasteiger partial charge in [0.05, 0.1) is 27.0 Å². The average molecular weight is 265 g/mol. The molecule has 0 atom stereocenters. The molecule has 1 heterocycles. The fourth-order valence-electron chi connectivity index (χ4n) is 1.63. The van der Waals surface area contributed by atoms with E-state index in [1.165, 1.54) is 14.2 Å². The molecule has 6 heteroatoms. The predicted molar refractivity (Wildman–Crippen MR) is 66.3 cm³/mol. The van der Waals surface area contributed by atoms with E-state index in [-0.39, 0.29) is 13.2 Å². The van der Waals surface area contributed by atoms with Crippen LogP contribution in [-0.2, 0) is 13.2 Å². The lowest BCUT2D eigenvalue weighted by Crippen LogP contribution is -2.00. The predicted octanol–water partition coefficient (Wildman–Crippen LogP) is 1.76. The van der Waals surface area contributed by atoms with Crippen LogP contribution >= 0.6 is 0 Å². The zero-order valence-corrected chi connectivity index (χ0v) is 10.8. The molecule has 19 heavy (non-hydrogen) atoms. The van der Waals surface area contributed by atoms with Gasteiger partial charge < -0.3 is 23.8 Å². The molecule has 0 spiro atoms. The first-order valence-corrected chi connectivity index (χ1v) is 5.66. The Balaban J connectivity index is 2.26. The van der Waals surface area contributed by atoms with Crippen LogP contribution in [0.1, 0.15) is 11.3 Å². The molecule has 0 aliphatic heterocycles. The first-order valence-electron chi connectivity index (χ1n) is 5.66. The van der Waals surface area contributed by atoms with Crippen LogP contribution in [0.5, 0.6) is 17.2 Å². The van der Waals surface area contributed by atoms with Crippen molar-refractivity contribution in [3.8, 4) is 17.2 Å². The standard InChI is InChI=1S/C13H15NO5/c1-16-11-5-9(7-15)6-12(17-2)13(11)18-8-10-3-4-14-19-10/h3-6,15H,7-8H2,1-2H3. The fraction of sp³-hybridized carbons (Fsp3) is 0.308. The highest BCUT2D eigenvalue weighted by Gasteiger charge is 2.14. The fourth-order valence-corrected chi connectivity index (χ4v) is 1.63. The van der Waals surface area contributed by atoms with E-state index >= 15 is 0 Å². The second kappa shape index (κ2) is 6.10. The maximum Gasteiger partial charge on any atom is 0.204 e. The molecule has 0 fully saturated rings. The van der Waals surface area contributed by atoms with Gasteiger partial charge in [0.25, 0.3) is 0 Å². The molecule has 1 aromatic carbocycles. The summed E-state index contributed by atoms with van der Waals surface area (Å²) >= 11 is 0. The molecule has 0 aliphatic rings. The third-order valence-electron chi connectivity index (χ3n) is 2.55. The maximum absolute atomic E-state index is 9.17. The minimum absolute atomic E-state index is 0.102. The Morgan fingerprint density at radius 3 is 2.37 bits per heavy atom. The molecule has 2 aromatic rings. The molecular formula is C13H15NO5. The van der Waals surface area contributed by atoms with Crippen LogP contribution in [0.2, 0.25) is 0 Å². The number of rotatable bonds is 6. The van der Waals surface area contributed by atoms with E-state index < -0.39 is 0 Å². The van der Waals surface area contributed by atoms with Crippen molar-refractivity contribution in [2.24, 2.45) is 0 Å². The van der Waals surface area contributed by atoms with Crippen molar-refractivity contribution in [3.05, 3.63) is 35.7 Å². The van der Waals surface area contributed by atoms with Gasteiger partial charge in [-0.15, -0.1) is 0 Å². The van der Waals surface area contributed by atoms with Gasteiger partial charge in [-0.25, -0.2) is 0 Å². The van der Waals surface area contributed by atoms with Crippen LogP contribution in [0, 0.1) is 0 Å². The lowest BCUT2D eigenvalue weighted by Gasteiger charge is -2.14. The van der Waals surface area contributed by atoms with Crippen molar-refractivity contribution >= 4 is 0 Å². The number of ether oxygens (including phenoxy) is 3. The smallest absolute Gasteiger partial charge is 0.204 e. The van der Waals surface area contributed by atoms with Gasteiger partial charge in [0.15, 0.2) is 17.3 Å². The summed E-state index contributed by atoms with van der Waals surface area (Å²) in [4.78, 5) is 0. The summed E-state index contributed by atoms with van der Waals surface area (Å²) in [7, 11) is 3.05. The Labute approximate surface area is 110 Å². The molecule has 102 valence electrons. The van der Waals surface area contributed by atoms with Crippen LogP contribution in [-0.4, -0.2) is 24.5 Å². The maximum atomic E-state index is 9.17. The first kappa shape index (κ1) is 13.2. The number of methoxy groups -OCH3 is 2. The van der Waals surface area contributed by atoms with Gasteiger partial charge in [0.2, 0.25) is 5.75 Å². The molecule has 1 aromatic heterocycles. The van der Waals surface area contributed by atoms with Crippen molar-refractivity contribution in [2.75, 3.05) is 14.2 Å². The topological polar surface area (TPSA) is 74.0 Å². The largest absolute Gasteiger partial charge is 0.493 e. The van der Waals surface area contributed by atoms with Gasteiger partial charge in [-0.1, -0.05) is 5.16 Å². The van der Waals surface area contributed by atoms with Gasteiger partial charge in [0, 0.05) is 6.07 Å². The van der Waals surface area contributed by atoms with Gasteiger partial charge in [-0.3, -0.25) is 0 Å². The number of hydrogen-bond donors (Lipinski definition) is 1. The van der Waals surface area contributed by atoms with Gasteiger partial charge >= 0.3 is 0 Å². The van der Waals surface area contributed by atoms with Gasteiger partial charge in [-0.2, -0.15) is 0 Å². The van der Waals surface area contributed by atoms with Crippen molar-refractivity contribution in [2.45, 2.75) is 13.2 Å². The van der Waals surface area contributed by atoms with E-state index in [4.69, 9.17) is 18.7 Å². The van der Waals surface area contributed by atoms with E-state index in [0.29, 0.717) is 28.6 Å². The summed E-state index contributed by atoms with van der Waals surface area (Å²) in [5.74, 6) is 2.03. The molecule has 0 amide bonds. The Bertz CT molecular complexity index is 499. The number of aromatic nitrogens is 1. The summed E-state index contributed by atoms with van der Waals surface area (Å²) in [6, 6.07) is 5.09. The van der Waals surface area contributed by atoms with Gasteiger partial charge in [-0.05, 0) is 17.7 Å². The zero-order valence-electron chi connectivity index (χ0n) is 10.8. The second-order valence-corrected chi connectivity index (χ2v) is 3.76. The van der Waals surface area contributed by atoms with E-state index in [0.717, 1.165) is 0 Å². The summed E-state index contributed by atoms with van der Waals surface area (Å²) < 4.78 is 21.1. The molecule has 0 saturated heterocycles. The highest BCUT2D eigenvalue weighted by Crippen LogP contribution is 2.39. The molecule has 1 N–H and O–H groups in total. The van der Waals surface area contributed by atoms with Gasteiger partial charge in [0.1, 0.15) is 6.61 Å². The highest BCUT2D eigenvalue weighted by atomic mass is 16.5. The number of nitrogens with zero attached hydrogens (tertiary/aromatic N) is 1. The van der Waals surface area contributed by atoms with Crippen molar-refractivity contribution in [1.82, 2.24) is 5.16 Å². The van der Waals surface area contributed by atoms with Crippen LogP contribution in [0.25, 0.3) is 0 Å². The lowest BCUT2D eigenvalue weighted by molar-refractivity contribution is 0.227. The van der Waals surface area contributed by atoms with Crippen molar-refractivity contribution < 1.29 is 23.8 Å². The molecular weight excluding hydrogens is 250 g/mol. The molecule has 0 radical (unpaired) electrons. The molecule has 0 saturated carbocycles. The SMILES string of the molecule is COc1cc(CO)cc(OC)c1OCc1ccno1. The minimum Gasteiger partial charge on any atom is -0.493 e. The molecule has 6 nitrogen and oxygen atoms in total. The monoisotopic (exact) mass is 265 g/mol.